The minimum absolute atomic E-state index is 0.0512. The van der Waals surface area contributed by atoms with Gasteiger partial charge in [0.25, 0.3) is 10.0 Å². The molecule has 19 heavy (non-hydrogen) atoms. The SMILES string of the molecule is CCNc1cccnc1S(=O)(=O)Nc1nc(C)ns1. The van der Waals surface area contributed by atoms with Gasteiger partial charge in [-0.2, -0.15) is 12.8 Å². The monoisotopic (exact) mass is 299 g/mol. The third-order valence-electron chi connectivity index (χ3n) is 2.14. The van der Waals surface area contributed by atoms with Gasteiger partial charge >= 0.3 is 0 Å². The Morgan fingerprint density at radius 3 is 2.84 bits per heavy atom. The molecule has 0 radical (unpaired) electrons. The molecular weight excluding hydrogens is 286 g/mol. The average Bonchev–Trinajstić information content (AvgIpc) is 2.75. The smallest absolute Gasteiger partial charge is 0.283 e. The Morgan fingerprint density at radius 1 is 1.42 bits per heavy atom. The number of aryl methyl sites for hydroxylation is 1. The number of nitrogens with zero attached hydrogens (tertiary/aromatic N) is 3. The summed E-state index contributed by atoms with van der Waals surface area (Å²) in [7, 11) is -3.77. The Balaban J connectivity index is 2.34. The van der Waals surface area contributed by atoms with Gasteiger partial charge in [-0.15, -0.1) is 0 Å². The van der Waals surface area contributed by atoms with E-state index in [1.165, 1.54) is 6.20 Å². The molecule has 0 amide bonds. The van der Waals surface area contributed by atoms with Crippen LogP contribution in [0.4, 0.5) is 10.8 Å². The van der Waals surface area contributed by atoms with Gasteiger partial charge in [-0.3, -0.25) is 4.72 Å². The molecule has 0 aromatic carbocycles. The summed E-state index contributed by atoms with van der Waals surface area (Å²) in [4.78, 5) is 7.88. The Morgan fingerprint density at radius 2 is 2.21 bits per heavy atom. The quantitative estimate of drug-likeness (QED) is 0.868. The van der Waals surface area contributed by atoms with Crippen LogP contribution in [-0.2, 0) is 10.0 Å². The highest BCUT2D eigenvalue weighted by molar-refractivity contribution is 7.93. The van der Waals surface area contributed by atoms with Crippen LogP contribution in [0, 0.1) is 6.92 Å². The summed E-state index contributed by atoms with van der Waals surface area (Å²) < 4.78 is 30.8. The Labute approximate surface area is 115 Å². The first kappa shape index (κ1) is 13.7. The van der Waals surface area contributed by atoms with E-state index in [-0.39, 0.29) is 10.2 Å². The first-order valence-electron chi connectivity index (χ1n) is 5.55. The maximum atomic E-state index is 12.2. The van der Waals surface area contributed by atoms with Crippen molar-refractivity contribution < 1.29 is 8.42 Å². The van der Waals surface area contributed by atoms with Crippen LogP contribution in [0.3, 0.4) is 0 Å². The zero-order chi connectivity index (χ0) is 13.9. The predicted molar refractivity (Wildman–Crippen MR) is 73.9 cm³/mol. The number of hydrogen-bond acceptors (Lipinski definition) is 7. The summed E-state index contributed by atoms with van der Waals surface area (Å²) in [6.45, 7) is 4.18. The van der Waals surface area contributed by atoms with Crippen LogP contribution in [0.2, 0.25) is 0 Å². The van der Waals surface area contributed by atoms with Gasteiger partial charge in [0, 0.05) is 24.3 Å². The largest absolute Gasteiger partial charge is 0.383 e. The van der Waals surface area contributed by atoms with Gasteiger partial charge in [0.1, 0.15) is 5.82 Å². The van der Waals surface area contributed by atoms with Gasteiger partial charge in [0.2, 0.25) is 5.13 Å². The van der Waals surface area contributed by atoms with Gasteiger partial charge in [0.05, 0.1) is 5.69 Å². The highest BCUT2D eigenvalue weighted by Gasteiger charge is 2.21. The third kappa shape index (κ3) is 3.18. The summed E-state index contributed by atoms with van der Waals surface area (Å²) >= 11 is 0.991. The standard InChI is InChI=1S/C10H13N5O2S2/c1-3-11-8-5-4-6-12-9(8)19(16,17)15-10-13-7(2)14-18-10/h4-6,11H,3H2,1-2H3,(H,13,14,15). The van der Waals surface area contributed by atoms with Crippen molar-refractivity contribution in [3.63, 3.8) is 0 Å². The van der Waals surface area contributed by atoms with Gasteiger partial charge < -0.3 is 5.32 Å². The predicted octanol–water partition coefficient (Wildman–Crippen LogP) is 1.47. The first-order chi connectivity index (χ1) is 9.03. The molecule has 0 aliphatic heterocycles. The van der Waals surface area contributed by atoms with Crippen LogP contribution in [0.25, 0.3) is 0 Å². The molecule has 0 atom stereocenters. The van der Waals surface area contributed by atoms with Crippen molar-refractivity contribution in [3.8, 4) is 0 Å². The molecule has 0 aliphatic rings. The first-order valence-corrected chi connectivity index (χ1v) is 7.80. The van der Waals surface area contributed by atoms with Gasteiger partial charge in [0.15, 0.2) is 5.03 Å². The highest BCUT2D eigenvalue weighted by atomic mass is 32.2. The van der Waals surface area contributed by atoms with E-state index in [9.17, 15) is 8.42 Å². The second-order valence-corrected chi connectivity index (χ2v) is 5.99. The van der Waals surface area contributed by atoms with Crippen molar-refractivity contribution >= 4 is 32.4 Å². The molecular formula is C10H13N5O2S2. The third-order valence-corrected chi connectivity index (χ3v) is 4.29. The molecule has 7 nitrogen and oxygen atoms in total. The Kier molecular flexibility index (Phi) is 3.96. The molecule has 0 saturated carbocycles. The van der Waals surface area contributed by atoms with Crippen molar-refractivity contribution in [3.05, 3.63) is 24.2 Å². The zero-order valence-corrected chi connectivity index (χ0v) is 12.0. The molecule has 2 rings (SSSR count). The molecule has 0 saturated heterocycles. The van der Waals surface area contributed by atoms with E-state index in [4.69, 9.17) is 0 Å². The van der Waals surface area contributed by atoms with Gasteiger partial charge in [-0.1, -0.05) is 0 Å². The Bertz CT molecular complexity index is 668. The summed E-state index contributed by atoms with van der Waals surface area (Å²) in [5, 5.41) is 3.14. The molecule has 0 fully saturated rings. The number of anilines is 2. The van der Waals surface area contributed by atoms with Crippen LogP contribution in [-0.4, -0.2) is 29.3 Å². The molecule has 2 aromatic heterocycles. The molecule has 0 bridgehead atoms. The topological polar surface area (TPSA) is 96.9 Å². The normalized spacial score (nSPS) is 11.3. The van der Waals surface area contributed by atoms with E-state index >= 15 is 0 Å². The lowest BCUT2D eigenvalue weighted by molar-refractivity contribution is 0.598. The minimum Gasteiger partial charge on any atom is -0.383 e. The molecule has 2 aromatic rings. The van der Waals surface area contributed by atoms with Crippen molar-refractivity contribution in [2.45, 2.75) is 18.9 Å². The summed E-state index contributed by atoms with van der Waals surface area (Å²) in [6.07, 6.45) is 1.43. The number of sulfonamides is 1. The summed E-state index contributed by atoms with van der Waals surface area (Å²) in [5.41, 5.74) is 0.457. The molecule has 9 heteroatoms. The van der Waals surface area contributed by atoms with E-state index in [1.54, 1.807) is 19.1 Å². The fraction of sp³-hybridized carbons (Fsp3) is 0.300. The maximum Gasteiger partial charge on any atom is 0.283 e. The van der Waals surface area contributed by atoms with Crippen LogP contribution < -0.4 is 10.0 Å². The number of hydrogen-bond donors (Lipinski definition) is 2. The molecule has 2 N–H and O–H groups in total. The molecule has 2 heterocycles. The van der Waals surface area contributed by atoms with Gasteiger partial charge in [-0.25, -0.2) is 9.97 Å². The number of pyridine rings is 1. The molecule has 102 valence electrons. The fourth-order valence-electron chi connectivity index (χ4n) is 1.43. The van der Waals surface area contributed by atoms with Crippen LogP contribution in [0.15, 0.2) is 23.4 Å². The second-order valence-electron chi connectivity index (χ2n) is 3.64. The van der Waals surface area contributed by atoms with Crippen molar-refractivity contribution in [2.24, 2.45) is 0 Å². The lowest BCUT2D eigenvalue weighted by atomic mass is 10.4. The van der Waals surface area contributed by atoms with E-state index in [0.29, 0.717) is 18.1 Å². The lowest BCUT2D eigenvalue weighted by Gasteiger charge is -2.09. The maximum absolute atomic E-state index is 12.2. The number of rotatable bonds is 5. The van der Waals surface area contributed by atoms with E-state index in [1.807, 2.05) is 6.92 Å². The fourth-order valence-corrected chi connectivity index (χ4v) is 3.34. The van der Waals surface area contributed by atoms with Crippen molar-refractivity contribution in [1.82, 2.24) is 14.3 Å². The van der Waals surface area contributed by atoms with E-state index in [2.05, 4.69) is 24.4 Å². The van der Waals surface area contributed by atoms with Crippen molar-refractivity contribution in [1.29, 1.82) is 0 Å². The van der Waals surface area contributed by atoms with Gasteiger partial charge in [-0.05, 0) is 26.0 Å². The highest BCUT2D eigenvalue weighted by Crippen LogP contribution is 2.21. The van der Waals surface area contributed by atoms with E-state index in [0.717, 1.165) is 11.5 Å². The van der Waals surface area contributed by atoms with E-state index < -0.39 is 10.0 Å². The second kappa shape index (κ2) is 5.49. The number of aromatic nitrogens is 3. The molecule has 0 spiro atoms. The summed E-state index contributed by atoms with van der Waals surface area (Å²) in [5.74, 6) is 0.524. The van der Waals surface area contributed by atoms with Crippen molar-refractivity contribution in [2.75, 3.05) is 16.6 Å². The van der Waals surface area contributed by atoms with Crippen LogP contribution >= 0.6 is 11.5 Å². The van der Waals surface area contributed by atoms with Crippen LogP contribution in [0.1, 0.15) is 12.7 Å². The van der Waals surface area contributed by atoms with Crippen LogP contribution in [0.5, 0.6) is 0 Å². The zero-order valence-electron chi connectivity index (χ0n) is 10.4. The minimum atomic E-state index is -3.77. The summed E-state index contributed by atoms with van der Waals surface area (Å²) in [6, 6.07) is 3.34. The molecule has 0 unspecified atom stereocenters. The lowest BCUT2D eigenvalue weighted by Crippen LogP contribution is -2.16. The average molecular weight is 299 g/mol. The molecule has 0 aliphatic carbocycles. The Hall–Kier alpha value is -1.74. The number of nitrogens with one attached hydrogen (secondary N) is 2.